The fourth-order valence-corrected chi connectivity index (χ4v) is 4.71. The lowest BCUT2D eigenvalue weighted by molar-refractivity contribution is -0.110. The molecule has 1 saturated carbocycles. The zero-order valence-electron chi connectivity index (χ0n) is 18.7. The molecule has 0 amide bonds. The van der Waals surface area contributed by atoms with E-state index in [-0.39, 0.29) is 5.92 Å². The van der Waals surface area contributed by atoms with Crippen LogP contribution in [0, 0.1) is 5.92 Å². The molecule has 1 fully saturated rings. The lowest BCUT2D eigenvalue weighted by Gasteiger charge is -2.21. The lowest BCUT2D eigenvalue weighted by Crippen LogP contribution is -2.17. The van der Waals surface area contributed by atoms with Gasteiger partial charge in [-0.1, -0.05) is 103 Å². The molecular formula is C25H46Cl2O2. The van der Waals surface area contributed by atoms with Crippen LogP contribution >= 0.6 is 23.2 Å². The van der Waals surface area contributed by atoms with Crippen molar-refractivity contribution in [3.05, 3.63) is 0 Å². The smallest absolute Gasteiger partial charge is 0.125 e. The first-order chi connectivity index (χ1) is 14.2. The molecule has 0 aromatic carbocycles. The van der Waals surface area contributed by atoms with E-state index in [1.807, 2.05) is 0 Å². The average molecular weight is 450 g/mol. The van der Waals surface area contributed by atoms with Crippen LogP contribution in [0.1, 0.15) is 128 Å². The van der Waals surface area contributed by atoms with Gasteiger partial charge >= 0.3 is 0 Å². The van der Waals surface area contributed by atoms with Gasteiger partial charge in [-0.25, -0.2) is 0 Å². The van der Waals surface area contributed by atoms with Crippen molar-refractivity contribution in [2.24, 2.45) is 5.92 Å². The summed E-state index contributed by atoms with van der Waals surface area (Å²) in [6.45, 7) is 0.988. The number of aldehydes is 1. The third kappa shape index (κ3) is 16.6. The largest absolute Gasteiger partial charge is 0.378 e. The van der Waals surface area contributed by atoms with E-state index in [4.69, 9.17) is 27.9 Å². The number of unbranched alkanes of at least 4 members (excludes halogenated alkanes) is 13. The molecule has 0 bridgehead atoms. The number of hydrogen-bond acceptors (Lipinski definition) is 2. The first-order valence-corrected chi connectivity index (χ1v) is 13.5. The number of carbonyl (C=O) groups is 1. The van der Waals surface area contributed by atoms with E-state index in [9.17, 15) is 4.79 Å². The van der Waals surface area contributed by atoms with Crippen LogP contribution in [0.25, 0.3) is 0 Å². The van der Waals surface area contributed by atoms with Crippen LogP contribution < -0.4 is 0 Å². The van der Waals surface area contributed by atoms with E-state index in [1.54, 1.807) is 0 Å². The SMILES string of the molecule is O=CC(CCCCCCCCCCCCCCCCOC1CCCCC1)C(Cl)Cl. The molecular weight excluding hydrogens is 403 g/mol. The van der Waals surface area contributed by atoms with Gasteiger partial charge in [-0.05, 0) is 25.7 Å². The predicted octanol–water partition coefficient (Wildman–Crippen LogP) is 8.81. The quantitative estimate of drug-likeness (QED) is 0.105. The maximum absolute atomic E-state index is 10.8. The van der Waals surface area contributed by atoms with Crippen molar-refractivity contribution in [2.45, 2.75) is 139 Å². The van der Waals surface area contributed by atoms with Crippen LogP contribution in [0.3, 0.4) is 0 Å². The van der Waals surface area contributed by atoms with Crippen molar-refractivity contribution in [2.75, 3.05) is 6.61 Å². The van der Waals surface area contributed by atoms with Gasteiger partial charge < -0.3 is 9.53 Å². The van der Waals surface area contributed by atoms with Gasteiger partial charge in [0.25, 0.3) is 0 Å². The topological polar surface area (TPSA) is 26.3 Å². The van der Waals surface area contributed by atoms with Gasteiger partial charge in [0, 0.05) is 12.5 Å². The third-order valence-electron chi connectivity index (χ3n) is 6.34. The molecule has 4 heteroatoms. The molecule has 29 heavy (non-hydrogen) atoms. The van der Waals surface area contributed by atoms with Gasteiger partial charge in [0.1, 0.15) is 11.1 Å². The molecule has 172 valence electrons. The van der Waals surface area contributed by atoms with Gasteiger partial charge in [-0.3, -0.25) is 0 Å². The van der Waals surface area contributed by atoms with E-state index >= 15 is 0 Å². The summed E-state index contributed by atoms with van der Waals surface area (Å²) in [6.07, 6.45) is 27.6. The fraction of sp³-hybridized carbons (Fsp3) is 0.960. The van der Waals surface area contributed by atoms with Crippen LogP contribution in [-0.2, 0) is 9.53 Å². The Kier molecular flexibility index (Phi) is 18.9. The number of alkyl halides is 2. The number of halogens is 2. The second-order valence-electron chi connectivity index (χ2n) is 9.00. The summed E-state index contributed by atoms with van der Waals surface area (Å²) in [5.41, 5.74) is 0. The Labute approximate surface area is 190 Å². The van der Waals surface area contributed by atoms with E-state index in [1.165, 1.54) is 116 Å². The van der Waals surface area contributed by atoms with Crippen molar-refractivity contribution < 1.29 is 9.53 Å². The van der Waals surface area contributed by atoms with Crippen molar-refractivity contribution >= 4 is 29.5 Å². The van der Waals surface area contributed by atoms with Gasteiger partial charge in [0.15, 0.2) is 0 Å². The first kappa shape index (κ1) is 27.2. The number of ether oxygens (including phenoxy) is 1. The average Bonchev–Trinajstić information content (AvgIpc) is 2.73. The molecule has 0 aliphatic heterocycles. The Bertz CT molecular complexity index is 357. The molecule has 1 aliphatic rings. The van der Waals surface area contributed by atoms with Crippen LogP contribution in [0.5, 0.6) is 0 Å². The van der Waals surface area contributed by atoms with E-state index in [2.05, 4.69) is 0 Å². The second-order valence-corrected chi connectivity index (χ2v) is 10.2. The molecule has 0 heterocycles. The van der Waals surface area contributed by atoms with Gasteiger partial charge in [-0.15, -0.1) is 23.2 Å². The molecule has 0 N–H and O–H groups in total. The highest BCUT2D eigenvalue weighted by molar-refractivity contribution is 6.45. The minimum Gasteiger partial charge on any atom is -0.378 e. The molecule has 2 nitrogen and oxygen atoms in total. The van der Waals surface area contributed by atoms with Crippen LogP contribution in [0.15, 0.2) is 0 Å². The molecule has 0 saturated heterocycles. The summed E-state index contributed by atoms with van der Waals surface area (Å²) in [5, 5.41) is 0. The Balaban J connectivity index is 1.70. The molecule has 1 unspecified atom stereocenters. The van der Waals surface area contributed by atoms with Crippen molar-refractivity contribution in [1.82, 2.24) is 0 Å². The molecule has 0 spiro atoms. The highest BCUT2D eigenvalue weighted by Crippen LogP contribution is 2.21. The van der Waals surface area contributed by atoms with Gasteiger partial charge in [0.05, 0.1) is 6.10 Å². The van der Waals surface area contributed by atoms with Crippen LogP contribution in [0.4, 0.5) is 0 Å². The summed E-state index contributed by atoms with van der Waals surface area (Å²) in [4.78, 5) is 10.3. The first-order valence-electron chi connectivity index (χ1n) is 12.6. The predicted molar refractivity (Wildman–Crippen MR) is 127 cm³/mol. The molecule has 0 aromatic rings. The maximum Gasteiger partial charge on any atom is 0.125 e. The molecule has 1 atom stereocenters. The Morgan fingerprint density at radius 2 is 1.14 bits per heavy atom. The zero-order valence-corrected chi connectivity index (χ0v) is 20.2. The monoisotopic (exact) mass is 448 g/mol. The third-order valence-corrected chi connectivity index (χ3v) is 6.98. The van der Waals surface area contributed by atoms with E-state index < -0.39 is 4.84 Å². The molecule has 0 radical (unpaired) electrons. The summed E-state index contributed by atoms with van der Waals surface area (Å²) in [5.74, 6) is -0.187. The molecule has 1 rings (SSSR count). The maximum atomic E-state index is 10.8. The second kappa shape index (κ2) is 20.1. The van der Waals surface area contributed by atoms with Crippen molar-refractivity contribution in [3.63, 3.8) is 0 Å². The van der Waals surface area contributed by atoms with E-state index in [0.717, 1.165) is 25.7 Å². The summed E-state index contributed by atoms with van der Waals surface area (Å²) >= 11 is 11.5. The minimum atomic E-state index is -0.548. The van der Waals surface area contributed by atoms with Gasteiger partial charge in [-0.2, -0.15) is 0 Å². The molecule has 0 aromatic heterocycles. The zero-order chi connectivity index (χ0) is 21.0. The van der Waals surface area contributed by atoms with Gasteiger partial charge in [0.2, 0.25) is 0 Å². The number of hydrogen-bond donors (Lipinski definition) is 0. The Morgan fingerprint density at radius 1 is 0.690 bits per heavy atom. The summed E-state index contributed by atoms with van der Waals surface area (Å²) < 4.78 is 6.00. The summed E-state index contributed by atoms with van der Waals surface area (Å²) in [7, 11) is 0. The normalized spacial score (nSPS) is 16.4. The fourth-order valence-electron chi connectivity index (χ4n) is 4.34. The van der Waals surface area contributed by atoms with Crippen molar-refractivity contribution in [1.29, 1.82) is 0 Å². The highest BCUT2D eigenvalue weighted by atomic mass is 35.5. The van der Waals surface area contributed by atoms with Crippen LogP contribution in [-0.4, -0.2) is 23.8 Å². The highest BCUT2D eigenvalue weighted by Gasteiger charge is 2.15. The Hall–Kier alpha value is 0.210. The lowest BCUT2D eigenvalue weighted by atomic mass is 9.98. The number of carbonyl (C=O) groups excluding carboxylic acids is 1. The number of rotatable bonds is 20. The molecule has 1 aliphatic carbocycles. The van der Waals surface area contributed by atoms with E-state index in [0.29, 0.717) is 6.10 Å². The minimum absolute atomic E-state index is 0.187. The Morgan fingerprint density at radius 3 is 1.59 bits per heavy atom. The summed E-state index contributed by atoms with van der Waals surface area (Å²) in [6, 6.07) is 0. The standard InChI is InChI=1S/C25H46Cl2O2/c26-25(27)23(22-28)18-14-11-9-7-5-3-1-2-4-6-8-10-12-17-21-29-24-19-15-13-16-20-24/h22-25H,1-21H2. The van der Waals surface area contributed by atoms with Crippen LogP contribution in [0.2, 0.25) is 0 Å². The van der Waals surface area contributed by atoms with Crippen molar-refractivity contribution in [3.8, 4) is 0 Å².